The minimum Gasteiger partial charge on any atom is -0.317 e. The van der Waals surface area contributed by atoms with E-state index in [-0.39, 0.29) is 12.1 Å². The van der Waals surface area contributed by atoms with Gasteiger partial charge in [0.15, 0.2) is 0 Å². The summed E-state index contributed by atoms with van der Waals surface area (Å²) in [5, 5.41) is 3.34. The van der Waals surface area contributed by atoms with Crippen molar-refractivity contribution in [2.45, 2.75) is 50.6 Å². The van der Waals surface area contributed by atoms with E-state index < -0.39 is 10.0 Å². The molecule has 1 N–H and O–H groups in total. The van der Waals surface area contributed by atoms with Crippen LogP contribution in [0.4, 0.5) is 0 Å². The lowest BCUT2D eigenvalue weighted by molar-refractivity contribution is 0.164. The molecule has 0 aromatic heterocycles. The average Bonchev–Trinajstić information content (AvgIpc) is 2.36. The molecule has 0 amide bonds. The van der Waals surface area contributed by atoms with Crippen molar-refractivity contribution in [3.63, 3.8) is 0 Å². The SMILES string of the molecule is CS(=O)(=O)N(C1CCC1)[C@@H]1CCCNCC1. The van der Waals surface area contributed by atoms with Crippen LogP contribution in [0, 0.1) is 0 Å². The van der Waals surface area contributed by atoms with Crippen molar-refractivity contribution < 1.29 is 8.42 Å². The molecule has 2 fully saturated rings. The van der Waals surface area contributed by atoms with Gasteiger partial charge in [0.25, 0.3) is 0 Å². The molecule has 5 heteroatoms. The van der Waals surface area contributed by atoms with Gasteiger partial charge >= 0.3 is 0 Å². The minimum absolute atomic E-state index is 0.232. The quantitative estimate of drug-likeness (QED) is 0.806. The Bertz CT molecular complexity index is 317. The molecule has 1 saturated heterocycles. The second kappa shape index (κ2) is 5.02. The predicted molar refractivity (Wildman–Crippen MR) is 64.8 cm³/mol. The summed E-state index contributed by atoms with van der Waals surface area (Å²) in [5.41, 5.74) is 0. The first-order chi connectivity index (χ1) is 7.59. The van der Waals surface area contributed by atoms with Crippen molar-refractivity contribution >= 4 is 10.0 Å². The van der Waals surface area contributed by atoms with Gasteiger partial charge in [0.1, 0.15) is 0 Å². The molecular weight excluding hydrogens is 224 g/mol. The van der Waals surface area contributed by atoms with E-state index in [1.807, 2.05) is 4.31 Å². The summed E-state index contributed by atoms with van der Waals surface area (Å²) in [4.78, 5) is 0. The van der Waals surface area contributed by atoms with Crippen LogP contribution in [-0.2, 0) is 10.0 Å². The van der Waals surface area contributed by atoms with Gasteiger partial charge in [0.05, 0.1) is 6.26 Å². The first-order valence-corrected chi connectivity index (χ1v) is 8.13. The number of nitrogens with zero attached hydrogens (tertiary/aromatic N) is 1. The first-order valence-electron chi connectivity index (χ1n) is 6.28. The molecule has 0 aromatic rings. The Hall–Kier alpha value is -0.130. The normalized spacial score (nSPS) is 28.8. The number of sulfonamides is 1. The maximum absolute atomic E-state index is 11.9. The molecule has 1 heterocycles. The van der Waals surface area contributed by atoms with Crippen LogP contribution in [0.2, 0.25) is 0 Å². The molecular formula is C11H22N2O2S. The Balaban J connectivity index is 2.10. The second-order valence-corrected chi connectivity index (χ2v) is 6.90. The Morgan fingerprint density at radius 2 is 1.62 bits per heavy atom. The summed E-state index contributed by atoms with van der Waals surface area (Å²) in [6.07, 6.45) is 7.71. The van der Waals surface area contributed by atoms with Crippen LogP contribution in [0.5, 0.6) is 0 Å². The molecule has 16 heavy (non-hydrogen) atoms. The first kappa shape index (κ1) is 12.3. The van der Waals surface area contributed by atoms with E-state index >= 15 is 0 Å². The van der Waals surface area contributed by atoms with Gasteiger partial charge in [-0.15, -0.1) is 0 Å². The maximum Gasteiger partial charge on any atom is 0.211 e. The molecule has 0 radical (unpaired) electrons. The lowest BCUT2D eigenvalue weighted by Crippen LogP contribution is -2.49. The van der Waals surface area contributed by atoms with Gasteiger partial charge in [-0.25, -0.2) is 8.42 Å². The number of hydrogen-bond acceptors (Lipinski definition) is 3. The van der Waals surface area contributed by atoms with Crippen molar-refractivity contribution in [2.24, 2.45) is 0 Å². The van der Waals surface area contributed by atoms with Crippen molar-refractivity contribution in [1.29, 1.82) is 0 Å². The highest BCUT2D eigenvalue weighted by molar-refractivity contribution is 7.88. The summed E-state index contributed by atoms with van der Waals surface area (Å²) in [7, 11) is -3.04. The Kier molecular flexibility index (Phi) is 3.87. The van der Waals surface area contributed by atoms with Crippen molar-refractivity contribution in [1.82, 2.24) is 9.62 Å². The predicted octanol–water partition coefficient (Wildman–Crippen LogP) is 0.943. The van der Waals surface area contributed by atoms with Gasteiger partial charge in [0.2, 0.25) is 10.0 Å². The van der Waals surface area contributed by atoms with Crippen LogP contribution in [0.15, 0.2) is 0 Å². The lowest BCUT2D eigenvalue weighted by Gasteiger charge is -2.40. The third-order valence-electron chi connectivity index (χ3n) is 3.72. The van der Waals surface area contributed by atoms with Crippen molar-refractivity contribution in [2.75, 3.05) is 19.3 Å². The summed E-state index contributed by atoms with van der Waals surface area (Å²) in [6.45, 7) is 1.97. The molecule has 1 aliphatic carbocycles. The summed E-state index contributed by atoms with van der Waals surface area (Å²) >= 11 is 0. The third kappa shape index (κ3) is 2.76. The fourth-order valence-electron chi connectivity index (χ4n) is 2.74. The lowest BCUT2D eigenvalue weighted by atomic mass is 9.91. The molecule has 2 aliphatic rings. The average molecular weight is 246 g/mol. The molecule has 1 saturated carbocycles. The summed E-state index contributed by atoms with van der Waals surface area (Å²) in [6, 6.07) is 0.522. The molecule has 94 valence electrons. The van der Waals surface area contributed by atoms with E-state index in [1.165, 1.54) is 12.7 Å². The highest BCUT2D eigenvalue weighted by atomic mass is 32.2. The van der Waals surface area contributed by atoms with E-state index in [0.717, 1.165) is 45.2 Å². The highest BCUT2D eigenvalue weighted by Gasteiger charge is 2.36. The monoisotopic (exact) mass is 246 g/mol. The van der Waals surface area contributed by atoms with Crippen LogP contribution < -0.4 is 5.32 Å². The Morgan fingerprint density at radius 3 is 2.19 bits per heavy atom. The van der Waals surface area contributed by atoms with E-state index in [2.05, 4.69) is 5.32 Å². The van der Waals surface area contributed by atoms with Gasteiger partial charge in [-0.05, 0) is 45.2 Å². The van der Waals surface area contributed by atoms with E-state index in [0.29, 0.717) is 0 Å². The van der Waals surface area contributed by atoms with Gasteiger partial charge in [0, 0.05) is 12.1 Å². The standard InChI is InChI=1S/C11H22N2O2S/c1-16(14,15)13(10-4-2-5-10)11-6-3-8-12-9-7-11/h10-12H,2-9H2,1H3/t11-/m1/s1. The zero-order valence-corrected chi connectivity index (χ0v) is 10.8. The molecule has 0 bridgehead atoms. The number of rotatable bonds is 3. The Morgan fingerprint density at radius 1 is 1.00 bits per heavy atom. The van der Waals surface area contributed by atoms with Gasteiger partial charge in [-0.2, -0.15) is 4.31 Å². The fourth-order valence-corrected chi connectivity index (χ4v) is 4.24. The smallest absolute Gasteiger partial charge is 0.211 e. The fraction of sp³-hybridized carbons (Fsp3) is 1.00. The largest absolute Gasteiger partial charge is 0.317 e. The molecule has 0 aromatic carbocycles. The molecule has 0 spiro atoms. The van der Waals surface area contributed by atoms with Gasteiger partial charge in [-0.3, -0.25) is 0 Å². The highest BCUT2D eigenvalue weighted by Crippen LogP contribution is 2.31. The van der Waals surface area contributed by atoms with E-state index in [9.17, 15) is 8.42 Å². The van der Waals surface area contributed by atoms with E-state index in [4.69, 9.17) is 0 Å². The van der Waals surface area contributed by atoms with Crippen LogP contribution in [0.3, 0.4) is 0 Å². The molecule has 2 rings (SSSR count). The zero-order chi connectivity index (χ0) is 11.6. The van der Waals surface area contributed by atoms with Crippen LogP contribution in [0.25, 0.3) is 0 Å². The third-order valence-corrected chi connectivity index (χ3v) is 5.08. The van der Waals surface area contributed by atoms with Crippen LogP contribution >= 0.6 is 0 Å². The topological polar surface area (TPSA) is 49.4 Å². The van der Waals surface area contributed by atoms with Crippen LogP contribution in [0.1, 0.15) is 38.5 Å². The molecule has 1 atom stereocenters. The summed E-state index contributed by atoms with van der Waals surface area (Å²) < 4.78 is 25.6. The number of nitrogens with one attached hydrogen (secondary N) is 1. The molecule has 0 unspecified atom stereocenters. The summed E-state index contributed by atoms with van der Waals surface area (Å²) in [5.74, 6) is 0. The maximum atomic E-state index is 11.9. The van der Waals surface area contributed by atoms with Gasteiger partial charge < -0.3 is 5.32 Å². The minimum atomic E-state index is -3.04. The van der Waals surface area contributed by atoms with Gasteiger partial charge in [-0.1, -0.05) is 6.42 Å². The molecule has 4 nitrogen and oxygen atoms in total. The van der Waals surface area contributed by atoms with Crippen molar-refractivity contribution in [3.8, 4) is 0 Å². The Labute approximate surface area is 98.4 Å². The molecule has 1 aliphatic heterocycles. The number of hydrogen-bond donors (Lipinski definition) is 1. The zero-order valence-electron chi connectivity index (χ0n) is 9.98. The van der Waals surface area contributed by atoms with Crippen molar-refractivity contribution in [3.05, 3.63) is 0 Å². The second-order valence-electron chi connectivity index (χ2n) is 5.01. The van der Waals surface area contributed by atoms with Crippen LogP contribution in [-0.4, -0.2) is 44.2 Å². The van der Waals surface area contributed by atoms with E-state index in [1.54, 1.807) is 0 Å².